The van der Waals surface area contributed by atoms with Crippen LogP contribution in [0, 0.1) is 5.92 Å². The molecule has 0 saturated heterocycles. The summed E-state index contributed by atoms with van der Waals surface area (Å²) >= 11 is 0. The SMILES string of the molecule is CCc1cccc(OCC(=O)NCC(C)C(=O)O)c1. The predicted octanol–water partition coefficient (Wildman–Crippen LogP) is 1.46. The van der Waals surface area contributed by atoms with Crippen LogP contribution >= 0.6 is 0 Å². The molecule has 1 aromatic carbocycles. The molecular weight excluding hydrogens is 246 g/mol. The summed E-state index contributed by atoms with van der Waals surface area (Å²) in [5.74, 6) is -1.22. The van der Waals surface area contributed by atoms with Crippen LogP contribution in [0.25, 0.3) is 0 Å². The molecule has 5 nitrogen and oxygen atoms in total. The van der Waals surface area contributed by atoms with E-state index in [4.69, 9.17) is 9.84 Å². The summed E-state index contributed by atoms with van der Waals surface area (Å²) in [6.07, 6.45) is 0.902. The number of ether oxygens (including phenoxy) is 1. The van der Waals surface area contributed by atoms with Crippen molar-refractivity contribution >= 4 is 11.9 Å². The molecule has 0 fully saturated rings. The van der Waals surface area contributed by atoms with Crippen LogP contribution in [0.15, 0.2) is 24.3 Å². The first-order valence-electron chi connectivity index (χ1n) is 6.24. The van der Waals surface area contributed by atoms with Crippen LogP contribution < -0.4 is 10.1 Å². The van der Waals surface area contributed by atoms with Crippen LogP contribution in [-0.2, 0) is 16.0 Å². The van der Waals surface area contributed by atoms with Gasteiger partial charge in [-0.25, -0.2) is 0 Å². The van der Waals surface area contributed by atoms with Crippen molar-refractivity contribution in [2.75, 3.05) is 13.2 Å². The lowest BCUT2D eigenvalue weighted by molar-refractivity contribution is -0.141. The Labute approximate surface area is 112 Å². The molecule has 0 saturated carbocycles. The van der Waals surface area contributed by atoms with Crippen molar-refractivity contribution < 1.29 is 19.4 Å². The first-order chi connectivity index (χ1) is 9.02. The van der Waals surface area contributed by atoms with Gasteiger partial charge in [0.2, 0.25) is 0 Å². The molecule has 1 unspecified atom stereocenters. The first kappa shape index (κ1) is 15.0. The molecular formula is C14H19NO4. The van der Waals surface area contributed by atoms with Gasteiger partial charge in [0.05, 0.1) is 5.92 Å². The van der Waals surface area contributed by atoms with Gasteiger partial charge in [0.1, 0.15) is 5.75 Å². The van der Waals surface area contributed by atoms with Crippen molar-refractivity contribution in [3.05, 3.63) is 29.8 Å². The third kappa shape index (κ3) is 5.42. The fraction of sp³-hybridized carbons (Fsp3) is 0.429. The van der Waals surface area contributed by atoms with Crippen LogP contribution in [0.3, 0.4) is 0 Å². The number of aliphatic carboxylic acids is 1. The summed E-state index contributed by atoms with van der Waals surface area (Å²) in [7, 11) is 0. The Bertz CT molecular complexity index is 445. The molecule has 0 aromatic heterocycles. The molecule has 104 valence electrons. The molecule has 0 aliphatic carbocycles. The van der Waals surface area contributed by atoms with E-state index >= 15 is 0 Å². The molecule has 19 heavy (non-hydrogen) atoms. The second-order valence-corrected chi connectivity index (χ2v) is 4.33. The first-order valence-corrected chi connectivity index (χ1v) is 6.24. The average molecular weight is 265 g/mol. The zero-order chi connectivity index (χ0) is 14.3. The van der Waals surface area contributed by atoms with Crippen molar-refractivity contribution in [2.24, 2.45) is 5.92 Å². The van der Waals surface area contributed by atoms with E-state index in [1.165, 1.54) is 6.92 Å². The van der Waals surface area contributed by atoms with Crippen LogP contribution in [0.2, 0.25) is 0 Å². The Hall–Kier alpha value is -2.04. The standard InChI is InChI=1S/C14H19NO4/c1-3-11-5-4-6-12(7-11)19-9-13(16)15-8-10(2)14(17)18/h4-7,10H,3,8-9H2,1-2H3,(H,15,16)(H,17,18). The highest BCUT2D eigenvalue weighted by Gasteiger charge is 2.12. The second kappa shape index (κ2) is 7.41. The number of aryl methyl sites for hydroxylation is 1. The Morgan fingerprint density at radius 3 is 2.79 bits per heavy atom. The Kier molecular flexibility index (Phi) is 5.85. The fourth-order valence-corrected chi connectivity index (χ4v) is 1.41. The second-order valence-electron chi connectivity index (χ2n) is 4.33. The zero-order valence-electron chi connectivity index (χ0n) is 11.2. The van der Waals surface area contributed by atoms with E-state index in [-0.39, 0.29) is 19.1 Å². The lowest BCUT2D eigenvalue weighted by atomic mass is 10.2. The number of rotatable bonds is 7. The van der Waals surface area contributed by atoms with E-state index in [0.717, 1.165) is 12.0 Å². The number of carbonyl (C=O) groups excluding carboxylic acids is 1. The van der Waals surface area contributed by atoms with E-state index in [1.807, 2.05) is 25.1 Å². The van der Waals surface area contributed by atoms with Crippen LogP contribution in [0.4, 0.5) is 0 Å². The number of hydrogen-bond acceptors (Lipinski definition) is 3. The maximum Gasteiger partial charge on any atom is 0.308 e. The zero-order valence-corrected chi connectivity index (χ0v) is 11.2. The average Bonchev–Trinajstić information content (AvgIpc) is 2.42. The predicted molar refractivity (Wildman–Crippen MR) is 71.1 cm³/mol. The van der Waals surface area contributed by atoms with Gasteiger partial charge in [-0.15, -0.1) is 0 Å². The number of carboxylic acids is 1. The molecule has 0 aliphatic heterocycles. The van der Waals surface area contributed by atoms with Gasteiger partial charge in [-0.2, -0.15) is 0 Å². The smallest absolute Gasteiger partial charge is 0.308 e. The van der Waals surface area contributed by atoms with Crippen LogP contribution in [0.1, 0.15) is 19.4 Å². The molecule has 0 bridgehead atoms. The summed E-state index contributed by atoms with van der Waals surface area (Å²) in [4.78, 5) is 22.0. The van der Waals surface area contributed by atoms with E-state index in [9.17, 15) is 9.59 Å². The lowest BCUT2D eigenvalue weighted by Crippen LogP contribution is -2.34. The lowest BCUT2D eigenvalue weighted by Gasteiger charge is -2.10. The Balaban J connectivity index is 2.35. The molecule has 5 heteroatoms. The normalized spacial score (nSPS) is 11.7. The number of benzene rings is 1. The highest BCUT2D eigenvalue weighted by Crippen LogP contribution is 2.13. The largest absolute Gasteiger partial charge is 0.484 e. The molecule has 1 aromatic rings. The maximum atomic E-state index is 11.5. The van der Waals surface area contributed by atoms with Crippen molar-refractivity contribution in [3.63, 3.8) is 0 Å². The fourth-order valence-electron chi connectivity index (χ4n) is 1.41. The van der Waals surface area contributed by atoms with E-state index in [0.29, 0.717) is 5.75 Å². The summed E-state index contributed by atoms with van der Waals surface area (Å²) in [5.41, 5.74) is 1.14. The highest BCUT2D eigenvalue weighted by atomic mass is 16.5. The maximum absolute atomic E-state index is 11.5. The van der Waals surface area contributed by atoms with Gasteiger partial charge in [0.15, 0.2) is 6.61 Å². The molecule has 1 amide bonds. The summed E-state index contributed by atoms with van der Waals surface area (Å²) in [6.45, 7) is 3.57. The van der Waals surface area contributed by atoms with Crippen molar-refractivity contribution in [2.45, 2.75) is 20.3 Å². The van der Waals surface area contributed by atoms with Gasteiger partial charge in [-0.05, 0) is 24.1 Å². The van der Waals surface area contributed by atoms with Gasteiger partial charge in [0.25, 0.3) is 5.91 Å². The number of amides is 1. The monoisotopic (exact) mass is 265 g/mol. The van der Waals surface area contributed by atoms with E-state index in [1.54, 1.807) is 6.07 Å². The van der Waals surface area contributed by atoms with Gasteiger partial charge >= 0.3 is 5.97 Å². The molecule has 0 radical (unpaired) electrons. The van der Waals surface area contributed by atoms with E-state index < -0.39 is 11.9 Å². The summed E-state index contributed by atoms with van der Waals surface area (Å²) < 4.78 is 5.34. The topological polar surface area (TPSA) is 75.6 Å². The van der Waals surface area contributed by atoms with Gasteiger partial charge in [-0.1, -0.05) is 26.0 Å². The van der Waals surface area contributed by atoms with E-state index in [2.05, 4.69) is 5.32 Å². The van der Waals surface area contributed by atoms with Crippen molar-refractivity contribution in [1.82, 2.24) is 5.32 Å². The Morgan fingerprint density at radius 1 is 1.42 bits per heavy atom. The molecule has 1 atom stereocenters. The van der Waals surface area contributed by atoms with Crippen LogP contribution in [-0.4, -0.2) is 30.1 Å². The summed E-state index contributed by atoms with van der Waals surface area (Å²) in [6, 6.07) is 7.53. The molecule has 2 N–H and O–H groups in total. The molecule has 0 spiro atoms. The third-order valence-corrected chi connectivity index (χ3v) is 2.70. The minimum absolute atomic E-state index is 0.104. The van der Waals surface area contributed by atoms with Crippen molar-refractivity contribution in [3.8, 4) is 5.75 Å². The minimum Gasteiger partial charge on any atom is -0.484 e. The molecule has 0 heterocycles. The quantitative estimate of drug-likeness (QED) is 0.782. The Morgan fingerprint density at radius 2 is 2.16 bits per heavy atom. The summed E-state index contributed by atoms with van der Waals surface area (Å²) in [5, 5.41) is 11.2. The van der Waals surface area contributed by atoms with Gasteiger partial charge in [0, 0.05) is 6.54 Å². The highest BCUT2D eigenvalue weighted by molar-refractivity contribution is 5.78. The molecule has 0 aliphatic rings. The van der Waals surface area contributed by atoms with Gasteiger partial charge in [-0.3, -0.25) is 9.59 Å². The third-order valence-electron chi connectivity index (χ3n) is 2.70. The number of carboxylic acid groups (broad SMARTS) is 1. The number of hydrogen-bond donors (Lipinski definition) is 2. The number of nitrogens with one attached hydrogen (secondary N) is 1. The molecule has 1 rings (SSSR count). The van der Waals surface area contributed by atoms with Crippen LogP contribution in [0.5, 0.6) is 5.75 Å². The minimum atomic E-state index is -0.933. The van der Waals surface area contributed by atoms with Gasteiger partial charge < -0.3 is 15.2 Å². The van der Waals surface area contributed by atoms with Crippen molar-refractivity contribution in [1.29, 1.82) is 0 Å². The number of carbonyl (C=O) groups is 2.